The number of hydrogen-bond acceptors (Lipinski definition) is 3. The van der Waals surface area contributed by atoms with Crippen molar-refractivity contribution in [2.45, 2.75) is 19.3 Å². The normalized spacial score (nSPS) is 11.7. The van der Waals surface area contributed by atoms with Crippen LogP contribution in [0.2, 0.25) is 0 Å². The molecule has 0 aliphatic rings. The SMILES string of the molecule is CC[C@@H](C(=O)NC(=O)c1ccccc1O)c1ccccc1. The van der Waals surface area contributed by atoms with E-state index in [2.05, 4.69) is 5.32 Å². The highest BCUT2D eigenvalue weighted by molar-refractivity contribution is 6.07. The Kier molecular flexibility index (Phi) is 4.72. The van der Waals surface area contributed by atoms with Crippen LogP contribution in [0.5, 0.6) is 5.75 Å². The molecule has 0 aliphatic carbocycles. The minimum atomic E-state index is -0.590. The maximum absolute atomic E-state index is 12.3. The summed E-state index contributed by atoms with van der Waals surface area (Å²) in [6.07, 6.45) is 0.587. The van der Waals surface area contributed by atoms with E-state index in [0.29, 0.717) is 6.42 Å². The molecule has 0 aromatic heterocycles. The van der Waals surface area contributed by atoms with Gasteiger partial charge >= 0.3 is 0 Å². The van der Waals surface area contributed by atoms with Crippen LogP contribution in [0.3, 0.4) is 0 Å². The van der Waals surface area contributed by atoms with Gasteiger partial charge in [0.1, 0.15) is 5.75 Å². The third-order valence-electron chi connectivity index (χ3n) is 3.31. The number of phenolic OH excluding ortho intramolecular Hbond substituents is 1. The van der Waals surface area contributed by atoms with Gasteiger partial charge in [-0.3, -0.25) is 14.9 Å². The molecule has 2 aromatic carbocycles. The molecule has 2 aromatic rings. The molecule has 1 atom stereocenters. The first-order valence-corrected chi connectivity index (χ1v) is 6.81. The van der Waals surface area contributed by atoms with Crippen molar-refractivity contribution in [1.82, 2.24) is 5.32 Å². The number of hydrogen-bond donors (Lipinski definition) is 2. The minimum Gasteiger partial charge on any atom is -0.507 e. The van der Waals surface area contributed by atoms with E-state index < -0.39 is 5.91 Å². The largest absolute Gasteiger partial charge is 0.507 e. The number of carbonyl (C=O) groups is 2. The van der Waals surface area contributed by atoms with E-state index in [4.69, 9.17) is 0 Å². The zero-order valence-electron chi connectivity index (χ0n) is 11.7. The second kappa shape index (κ2) is 6.70. The number of amides is 2. The van der Waals surface area contributed by atoms with Gasteiger partial charge in [0.05, 0.1) is 11.5 Å². The summed E-state index contributed by atoms with van der Waals surface area (Å²) in [7, 11) is 0. The molecule has 0 radical (unpaired) electrons. The fourth-order valence-electron chi connectivity index (χ4n) is 2.19. The molecule has 0 heterocycles. The van der Waals surface area contributed by atoms with Crippen molar-refractivity contribution in [3.05, 3.63) is 65.7 Å². The average molecular weight is 283 g/mol. The van der Waals surface area contributed by atoms with Crippen LogP contribution in [0.4, 0.5) is 0 Å². The van der Waals surface area contributed by atoms with Gasteiger partial charge in [-0.2, -0.15) is 0 Å². The van der Waals surface area contributed by atoms with Crippen LogP contribution >= 0.6 is 0 Å². The number of nitrogens with one attached hydrogen (secondary N) is 1. The van der Waals surface area contributed by atoms with E-state index in [1.54, 1.807) is 12.1 Å². The molecule has 0 spiro atoms. The van der Waals surface area contributed by atoms with Gasteiger partial charge in [0.2, 0.25) is 5.91 Å². The van der Waals surface area contributed by atoms with Crippen LogP contribution in [0.15, 0.2) is 54.6 Å². The lowest BCUT2D eigenvalue weighted by Gasteiger charge is -2.15. The third-order valence-corrected chi connectivity index (χ3v) is 3.31. The summed E-state index contributed by atoms with van der Waals surface area (Å²) in [5.74, 6) is -1.49. The third kappa shape index (κ3) is 3.48. The van der Waals surface area contributed by atoms with Crippen LogP contribution in [0.1, 0.15) is 35.2 Å². The molecule has 108 valence electrons. The molecule has 21 heavy (non-hydrogen) atoms. The average Bonchev–Trinajstić information content (AvgIpc) is 2.49. The van der Waals surface area contributed by atoms with E-state index in [0.717, 1.165) is 5.56 Å². The monoisotopic (exact) mass is 283 g/mol. The van der Waals surface area contributed by atoms with Crippen molar-refractivity contribution >= 4 is 11.8 Å². The van der Waals surface area contributed by atoms with E-state index in [9.17, 15) is 14.7 Å². The summed E-state index contributed by atoms with van der Waals surface area (Å²) < 4.78 is 0. The second-order valence-corrected chi connectivity index (χ2v) is 4.71. The van der Waals surface area contributed by atoms with Crippen molar-refractivity contribution in [3.8, 4) is 5.75 Å². The van der Waals surface area contributed by atoms with Crippen LogP contribution in [0, 0.1) is 0 Å². The summed E-state index contributed by atoms with van der Waals surface area (Å²) in [4.78, 5) is 24.3. The van der Waals surface area contributed by atoms with Gasteiger partial charge in [-0.15, -0.1) is 0 Å². The van der Waals surface area contributed by atoms with Crippen molar-refractivity contribution < 1.29 is 14.7 Å². The van der Waals surface area contributed by atoms with E-state index in [1.165, 1.54) is 12.1 Å². The van der Waals surface area contributed by atoms with Gasteiger partial charge in [0, 0.05) is 0 Å². The van der Waals surface area contributed by atoms with Crippen LogP contribution < -0.4 is 5.32 Å². The molecular formula is C17H17NO3. The molecule has 4 nitrogen and oxygen atoms in total. The number of phenols is 1. The molecular weight excluding hydrogens is 266 g/mol. The Labute approximate surface area is 123 Å². The summed E-state index contributed by atoms with van der Waals surface area (Å²) in [5.41, 5.74) is 0.955. The number of carbonyl (C=O) groups excluding carboxylic acids is 2. The Bertz CT molecular complexity index is 637. The molecule has 2 amide bonds. The summed E-state index contributed by atoms with van der Waals surface area (Å²) in [6, 6.07) is 15.4. The molecule has 4 heteroatoms. The lowest BCUT2D eigenvalue weighted by Crippen LogP contribution is -2.34. The molecule has 0 saturated carbocycles. The minimum absolute atomic E-state index is 0.0914. The van der Waals surface area contributed by atoms with Crippen LogP contribution in [-0.2, 0) is 4.79 Å². The summed E-state index contributed by atoms with van der Waals surface area (Å²) >= 11 is 0. The first-order valence-electron chi connectivity index (χ1n) is 6.81. The Balaban J connectivity index is 2.13. The van der Waals surface area contributed by atoms with E-state index >= 15 is 0 Å². The Morgan fingerprint density at radius 1 is 1.05 bits per heavy atom. The fraction of sp³-hybridized carbons (Fsp3) is 0.176. The number of aromatic hydroxyl groups is 1. The maximum atomic E-state index is 12.3. The molecule has 2 N–H and O–H groups in total. The Hall–Kier alpha value is -2.62. The highest BCUT2D eigenvalue weighted by Gasteiger charge is 2.22. The predicted octanol–water partition coefficient (Wildman–Crippen LogP) is 2.84. The quantitative estimate of drug-likeness (QED) is 0.906. The van der Waals surface area contributed by atoms with Gasteiger partial charge in [-0.1, -0.05) is 49.4 Å². The van der Waals surface area contributed by atoms with Crippen molar-refractivity contribution in [1.29, 1.82) is 0 Å². The predicted molar refractivity (Wildman–Crippen MR) is 80.1 cm³/mol. The van der Waals surface area contributed by atoms with Gasteiger partial charge in [0.15, 0.2) is 0 Å². The van der Waals surface area contributed by atoms with Gasteiger partial charge in [0.25, 0.3) is 5.91 Å². The number of para-hydroxylation sites is 1. The Morgan fingerprint density at radius 3 is 2.29 bits per heavy atom. The summed E-state index contributed by atoms with van der Waals surface area (Å²) in [6.45, 7) is 1.89. The Morgan fingerprint density at radius 2 is 1.67 bits per heavy atom. The molecule has 0 saturated heterocycles. The lowest BCUT2D eigenvalue weighted by atomic mass is 9.95. The molecule has 0 unspecified atom stereocenters. The molecule has 0 fully saturated rings. The van der Waals surface area contributed by atoms with Gasteiger partial charge < -0.3 is 5.11 Å². The lowest BCUT2D eigenvalue weighted by molar-refractivity contribution is -0.121. The molecule has 0 bridgehead atoms. The summed E-state index contributed by atoms with van der Waals surface area (Å²) in [5, 5.41) is 12.0. The van der Waals surface area contributed by atoms with E-state index in [1.807, 2.05) is 37.3 Å². The standard InChI is InChI=1S/C17H17NO3/c1-2-13(12-8-4-3-5-9-12)16(20)18-17(21)14-10-6-7-11-15(14)19/h3-11,13,19H,2H2,1H3,(H,18,20,21)/t13-/m1/s1. The number of imide groups is 1. The van der Waals surface area contributed by atoms with Crippen LogP contribution in [0.25, 0.3) is 0 Å². The van der Waals surface area contributed by atoms with E-state index in [-0.39, 0.29) is 23.1 Å². The highest BCUT2D eigenvalue weighted by atomic mass is 16.3. The van der Waals surface area contributed by atoms with Crippen molar-refractivity contribution in [3.63, 3.8) is 0 Å². The zero-order chi connectivity index (χ0) is 15.2. The second-order valence-electron chi connectivity index (χ2n) is 4.71. The van der Waals surface area contributed by atoms with Gasteiger partial charge in [-0.25, -0.2) is 0 Å². The number of rotatable bonds is 4. The zero-order valence-corrected chi connectivity index (χ0v) is 11.7. The fourth-order valence-corrected chi connectivity index (χ4v) is 2.19. The van der Waals surface area contributed by atoms with Crippen LogP contribution in [-0.4, -0.2) is 16.9 Å². The number of benzene rings is 2. The first-order chi connectivity index (χ1) is 10.1. The topological polar surface area (TPSA) is 66.4 Å². The van der Waals surface area contributed by atoms with Gasteiger partial charge in [-0.05, 0) is 24.1 Å². The molecule has 2 rings (SSSR count). The smallest absolute Gasteiger partial charge is 0.261 e. The highest BCUT2D eigenvalue weighted by Crippen LogP contribution is 2.20. The molecule has 0 aliphatic heterocycles. The van der Waals surface area contributed by atoms with Crippen molar-refractivity contribution in [2.75, 3.05) is 0 Å². The van der Waals surface area contributed by atoms with Crippen molar-refractivity contribution in [2.24, 2.45) is 0 Å². The first kappa shape index (κ1) is 14.8. The maximum Gasteiger partial charge on any atom is 0.261 e.